The van der Waals surface area contributed by atoms with Gasteiger partial charge in [-0.05, 0) is 25.1 Å². The Bertz CT molecular complexity index is 636. The van der Waals surface area contributed by atoms with Crippen molar-refractivity contribution in [2.75, 3.05) is 25.1 Å². The van der Waals surface area contributed by atoms with Crippen molar-refractivity contribution in [3.05, 3.63) is 28.2 Å². The highest BCUT2D eigenvalue weighted by Crippen LogP contribution is 2.26. The van der Waals surface area contributed by atoms with E-state index in [0.29, 0.717) is 53.6 Å². The maximum atomic E-state index is 5.96. The standard InChI is InChI=1S/C14H15Cl2N3O3/c1-14(20-4-5-21-14)2-3-17-13-18-12(19-22-13)9-6-10(15)8-11(16)7-9/h6-8H,2-5H2,1H3,(H,17,18,19). The molecule has 22 heavy (non-hydrogen) atoms. The minimum atomic E-state index is -0.545. The van der Waals surface area contributed by atoms with Crippen molar-refractivity contribution in [2.45, 2.75) is 19.1 Å². The third-order valence-corrected chi connectivity index (χ3v) is 3.74. The highest BCUT2D eigenvalue weighted by atomic mass is 35.5. The van der Waals surface area contributed by atoms with Gasteiger partial charge in [-0.3, -0.25) is 0 Å². The zero-order valence-electron chi connectivity index (χ0n) is 11.9. The molecule has 1 aromatic carbocycles. The number of halogens is 2. The van der Waals surface area contributed by atoms with E-state index in [1.165, 1.54) is 0 Å². The van der Waals surface area contributed by atoms with Gasteiger partial charge in [-0.15, -0.1) is 0 Å². The maximum absolute atomic E-state index is 5.96. The maximum Gasteiger partial charge on any atom is 0.321 e. The average Bonchev–Trinajstić information content (AvgIpc) is 3.07. The van der Waals surface area contributed by atoms with Crippen LogP contribution in [-0.2, 0) is 9.47 Å². The monoisotopic (exact) mass is 343 g/mol. The van der Waals surface area contributed by atoms with E-state index in [0.717, 1.165) is 0 Å². The molecule has 0 bridgehead atoms. The molecule has 1 aliphatic rings. The van der Waals surface area contributed by atoms with Gasteiger partial charge in [0.05, 0.1) is 13.2 Å². The average molecular weight is 344 g/mol. The summed E-state index contributed by atoms with van der Waals surface area (Å²) in [6, 6.07) is 5.42. The molecule has 3 rings (SSSR count). The lowest BCUT2D eigenvalue weighted by Gasteiger charge is -2.21. The fourth-order valence-electron chi connectivity index (χ4n) is 2.19. The Morgan fingerprint density at radius 2 is 1.86 bits per heavy atom. The fourth-order valence-corrected chi connectivity index (χ4v) is 2.72. The summed E-state index contributed by atoms with van der Waals surface area (Å²) >= 11 is 11.9. The molecule has 2 heterocycles. The van der Waals surface area contributed by atoms with Crippen molar-refractivity contribution in [3.8, 4) is 11.4 Å². The first kappa shape index (κ1) is 15.6. The van der Waals surface area contributed by atoms with Gasteiger partial charge in [0.1, 0.15) is 0 Å². The summed E-state index contributed by atoms with van der Waals surface area (Å²) in [7, 11) is 0. The molecule has 0 saturated carbocycles. The molecule has 1 N–H and O–H groups in total. The molecule has 0 radical (unpaired) electrons. The number of hydrogen-bond donors (Lipinski definition) is 1. The van der Waals surface area contributed by atoms with Crippen LogP contribution < -0.4 is 5.32 Å². The Balaban J connectivity index is 1.61. The molecule has 0 aliphatic carbocycles. The van der Waals surface area contributed by atoms with Crippen molar-refractivity contribution in [1.29, 1.82) is 0 Å². The van der Waals surface area contributed by atoms with Crippen molar-refractivity contribution in [2.24, 2.45) is 0 Å². The second kappa shape index (κ2) is 6.42. The van der Waals surface area contributed by atoms with E-state index in [1.807, 2.05) is 6.92 Å². The zero-order valence-corrected chi connectivity index (χ0v) is 13.4. The van der Waals surface area contributed by atoms with E-state index in [-0.39, 0.29) is 0 Å². The van der Waals surface area contributed by atoms with Crippen LogP contribution in [0.3, 0.4) is 0 Å². The SMILES string of the molecule is CC1(CCNc2nc(-c3cc(Cl)cc(Cl)c3)no2)OCCO1. The molecule has 8 heteroatoms. The molecule has 1 aliphatic heterocycles. The van der Waals surface area contributed by atoms with Crippen LogP contribution in [-0.4, -0.2) is 35.7 Å². The Hall–Kier alpha value is -1.34. The Morgan fingerprint density at radius 3 is 2.55 bits per heavy atom. The minimum absolute atomic E-state index is 0.327. The summed E-state index contributed by atoms with van der Waals surface area (Å²) in [6.45, 7) is 3.75. The number of ether oxygens (including phenoxy) is 2. The molecule has 1 fully saturated rings. The number of aromatic nitrogens is 2. The predicted molar refractivity (Wildman–Crippen MR) is 83.2 cm³/mol. The minimum Gasteiger partial charge on any atom is -0.348 e. The normalized spacial score (nSPS) is 16.9. The highest BCUT2D eigenvalue weighted by Gasteiger charge is 2.30. The second-order valence-corrected chi connectivity index (χ2v) is 5.96. The first-order valence-electron chi connectivity index (χ1n) is 6.86. The first-order chi connectivity index (χ1) is 10.5. The Labute approximate surface area is 137 Å². The van der Waals surface area contributed by atoms with Crippen LogP contribution in [0.25, 0.3) is 11.4 Å². The van der Waals surface area contributed by atoms with Gasteiger partial charge < -0.3 is 19.3 Å². The molecule has 0 spiro atoms. The summed E-state index contributed by atoms with van der Waals surface area (Å²) in [5, 5.41) is 8.00. The molecule has 0 unspecified atom stereocenters. The fraction of sp³-hybridized carbons (Fsp3) is 0.429. The lowest BCUT2D eigenvalue weighted by molar-refractivity contribution is -0.144. The first-order valence-corrected chi connectivity index (χ1v) is 7.62. The highest BCUT2D eigenvalue weighted by molar-refractivity contribution is 6.35. The van der Waals surface area contributed by atoms with Crippen LogP contribution in [0, 0.1) is 0 Å². The van der Waals surface area contributed by atoms with Gasteiger partial charge in [-0.2, -0.15) is 4.98 Å². The largest absolute Gasteiger partial charge is 0.348 e. The lowest BCUT2D eigenvalue weighted by Crippen LogP contribution is -2.28. The second-order valence-electron chi connectivity index (χ2n) is 5.09. The number of benzene rings is 1. The predicted octanol–water partition coefficient (Wildman–Crippen LogP) is 3.61. The summed E-state index contributed by atoms with van der Waals surface area (Å²) in [5.41, 5.74) is 0.698. The zero-order chi connectivity index (χ0) is 15.6. The number of rotatable bonds is 5. The Kier molecular flexibility index (Phi) is 4.54. The van der Waals surface area contributed by atoms with E-state index in [9.17, 15) is 0 Å². The van der Waals surface area contributed by atoms with Crippen LogP contribution in [0.15, 0.2) is 22.7 Å². The smallest absolute Gasteiger partial charge is 0.321 e. The molecular formula is C14H15Cl2N3O3. The number of nitrogens with one attached hydrogen (secondary N) is 1. The van der Waals surface area contributed by atoms with Crippen molar-refractivity contribution < 1.29 is 14.0 Å². The third-order valence-electron chi connectivity index (χ3n) is 3.30. The van der Waals surface area contributed by atoms with Crippen LogP contribution in [0.1, 0.15) is 13.3 Å². The summed E-state index contributed by atoms with van der Waals surface area (Å²) in [5.74, 6) is -0.123. The van der Waals surface area contributed by atoms with Gasteiger partial charge in [0.2, 0.25) is 5.82 Å². The van der Waals surface area contributed by atoms with E-state index in [2.05, 4.69) is 15.5 Å². The van der Waals surface area contributed by atoms with Gasteiger partial charge in [0.25, 0.3) is 0 Å². The third kappa shape index (κ3) is 3.70. The van der Waals surface area contributed by atoms with Crippen molar-refractivity contribution in [3.63, 3.8) is 0 Å². The topological polar surface area (TPSA) is 69.4 Å². The molecule has 0 atom stereocenters. The van der Waals surface area contributed by atoms with Gasteiger partial charge in [0, 0.05) is 28.6 Å². The van der Waals surface area contributed by atoms with E-state index in [4.69, 9.17) is 37.2 Å². The molecule has 1 aromatic heterocycles. The van der Waals surface area contributed by atoms with Crippen molar-refractivity contribution in [1.82, 2.24) is 10.1 Å². The molecule has 6 nitrogen and oxygen atoms in total. The van der Waals surface area contributed by atoms with Gasteiger partial charge in [0.15, 0.2) is 5.79 Å². The molecule has 2 aromatic rings. The lowest BCUT2D eigenvalue weighted by atomic mass is 10.2. The summed E-state index contributed by atoms with van der Waals surface area (Å²) in [4.78, 5) is 4.26. The van der Waals surface area contributed by atoms with E-state index >= 15 is 0 Å². The van der Waals surface area contributed by atoms with E-state index < -0.39 is 5.79 Å². The summed E-state index contributed by atoms with van der Waals surface area (Å²) in [6.07, 6.45) is 0.674. The van der Waals surface area contributed by atoms with Crippen molar-refractivity contribution >= 4 is 29.2 Å². The van der Waals surface area contributed by atoms with Crippen LogP contribution >= 0.6 is 23.2 Å². The quantitative estimate of drug-likeness (QED) is 0.894. The Morgan fingerprint density at radius 1 is 1.18 bits per heavy atom. The molecule has 0 amide bonds. The molecular weight excluding hydrogens is 329 g/mol. The van der Waals surface area contributed by atoms with Gasteiger partial charge in [-0.1, -0.05) is 28.4 Å². The van der Waals surface area contributed by atoms with Gasteiger partial charge in [-0.25, -0.2) is 0 Å². The van der Waals surface area contributed by atoms with Crippen LogP contribution in [0.5, 0.6) is 0 Å². The van der Waals surface area contributed by atoms with Gasteiger partial charge >= 0.3 is 6.01 Å². The number of hydrogen-bond acceptors (Lipinski definition) is 6. The molecule has 118 valence electrons. The number of nitrogens with zero attached hydrogens (tertiary/aromatic N) is 2. The number of anilines is 1. The van der Waals surface area contributed by atoms with E-state index in [1.54, 1.807) is 18.2 Å². The molecule has 1 saturated heterocycles. The van der Waals surface area contributed by atoms with Crippen LogP contribution in [0.2, 0.25) is 10.0 Å². The van der Waals surface area contributed by atoms with Crippen LogP contribution in [0.4, 0.5) is 6.01 Å². The summed E-state index contributed by atoms with van der Waals surface area (Å²) < 4.78 is 16.2.